The van der Waals surface area contributed by atoms with Crippen molar-refractivity contribution in [2.24, 2.45) is 0 Å². The highest BCUT2D eigenvalue weighted by molar-refractivity contribution is 6.35. The molecule has 0 aliphatic carbocycles. The number of benzene rings is 1. The number of aryl methyl sites for hydroxylation is 1. The molecule has 1 rings (SSSR count). The van der Waals surface area contributed by atoms with Gasteiger partial charge in [-0.05, 0) is 56.5 Å². The molecule has 0 spiro atoms. The molecule has 0 heterocycles. The van der Waals surface area contributed by atoms with Crippen LogP contribution in [0.4, 0.5) is 0 Å². The van der Waals surface area contributed by atoms with Crippen molar-refractivity contribution >= 4 is 23.2 Å². The van der Waals surface area contributed by atoms with Crippen molar-refractivity contribution in [3.63, 3.8) is 0 Å². The number of unbranched alkanes of at least 4 members (excludes halogenated alkanes) is 1. The van der Waals surface area contributed by atoms with Gasteiger partial charge in [-0.3, -0.25) is 0 Å². The van der Waals surface area contributed by atoms with Crippen LogP contribution in [0, 0.1) is 0 Å². The molecule has 16 heavy (non-hydrogen) atoms. The van der Waals surface area contributed by atoms with Gasteiger partial charge in [0.15, 0.2) is 0 Å². The maximum absolute atomic E-state index is 6.09. The Morgan fingerprint density at radius 3 is 2.62 bits per heavy atom. The van der Waals surface area contributed by atoms with Crippen LogP contribution >= 0.6 is 23.2 Å². The molecule has 1 aromatic rings. The summed E-state index contributed by atoms with van der Waals surface area (Å²) in [6.07, 6.45) is 4.59. The molecule has 0 aliphatic rings. The fraction of sp³-hybridized carbons (Fsp3) is 0.538. The first-order valence-electron chi connectivity index (χ1n) is 5.88. The van der Waals surface area contributed by atoms with E-state index in [-0.39, 0.29) is 0 Å². The van der Waals surface area contributed by atoms with Crippen LogP contribution in [0.25, 0.3) is 0 Å². The van der Waals surface area contributed by atoms with Gasteiger partial charge < -0.3 is 5.32 Å². The first-order chi connectivity index (χ1) is 7.74. The molecule has 0 saturated carbocycles. The van der Waals surface area contributed by atoms with Gasteiger partial charge >= 0.3 is 0 Å². The molecule has 0 unspecified atom stereocenters. The summed E-state index contributed by atoms with van der Waals surface area (Å²) in [6.45, 7) is 4.39. The van der Waals surface area contributed by atoms with Crippen LogP contribution in [-0.2, 0) is 6.42 Å². The standard InChI is InChI=1S/C13H19Cl2N/c1-2-8-16-9-4-3-5-11-6-7-12(14)10-13(11)15/h6-7,10,16H,2-5,8-9H2,1H3. The molecule has 1 nitrogen and oxygen atoms in total. The van der Waals surface area contributed by atoms with Crippen LogP contribution in [-0.4, -0.2) is 13.1 Å². The second kappa shape index (κ2) is 7.94. The number of hydrogen-bond acceptors (Lipinski definition) is 1. The van der Waals surface area contributed by atoms with E-state index >= 15 is 0 Å². The van der Waals surface area contributed by atoms with Crippen molar-refractivity contribution in [1.29, 1.82) is 0 Å². The van der Waals surface area contributed by atoms with Crippen molar-refractivity contribution in [2.75, 3.05) is 13.1 Å². The SMILES string of the molecule is CCCNCCCCc1ccc(Cl)cc1Cl. The van der Waals surface area contributed by atoms with E-state index in [1.165, 1.54) is 18.4 Å². The largest absolute Gasteiger partial charge is 0.317 e. The van der Waals surface area contributed by atoms with Crippen LogP contribution in [0.5, 0.6) is 0 Å². The van der Waals surface area contributed by atoms with Gasteiger partial charge in [-0.1, -0.05) is 36.2 Å². The zero-order valence-electron chi connectivity index (χ0n) is 9.73. The molecule has 1 aromatic carbocycles. The lowest BCUT2D eigenvalue weighted by atomic mass is 10.1. The number of rotatable bonds is 7. The van der Waals surface area contributed by atoms with Gasteiger partial charge in [0, 0.05) is 10.0 Å². The van der Waals surface area contributed by atoms with Crippen LogP contribution < -0.4 is 5.32 Å². The first-order valence-corrected chi connectivity index (χ1v) is 6.64. The molecular formula is C13H19Cl2N. The molecule has 3 heteroatoms. The highest BCUT2D eigenvalue weighted by atomic mass is 35.5. The maximum atomic E-state index is 6.09. The predicted molar refractivity (Wildman–Crippen MR) is 72.6 cm³/mol. The minimum atomic E-state index is 0.707. The summed E-state index contributed by atoms with van der Waals surface area (Å²) in [5.41, 5.74) is 1.20. The molecule has 0 fully saturated rings. The Labute approximate surface area is 108 Å². The van der Waals surface area contributed by atoms with Gasteiger partial charge in [0.2, 0.25) is 0 Å². The first kappa shape index (κ1) is 13.8. The lowest BCUT2D eigenvalue weighted by Gasteiger charge is -2.05. The summed E-state index contributed by atoms with van der Waals surface area (Å²) >= 11 is 11.9. The number of hydrogen-bond donors (Lipinski definition) is 1. The van der Waals surface area contributed by atoms with E-state index in [2.05, 4.69) is 12.2 Å². The summed E-state index contributed by atoms with van der Waals surface area (Å²) in [5, 5.41) is 4.88. The van der Waals surface area contributed by atoms with Gasteiger partial charge in [-0.15, -0.1) is 0 Å². The molecule has 90 valence electrons. The van der Waals surface area contributed by atoms with Crippen LogP contribution in [0.1, 0.15) is 31.7 Å². The summed E-state index contributed by atoms with van der Waals surface area (Å²) in [5.74, 6) is 0. The van der Waals surface area contributed by atoms with Crippen LogP contribution in [0.15, 0.2) is 18.2 Å². The van der Waals surface area contributed by atoms with E-state index in [9.17, 15) is 0 Å². The van der Waals surface area contributed by atoms with Gasteiger partial charge in [-0.25, -0.2) is 0 Å². The van der Waals surface area contributed by atoms with E-state index in [0.29, 0.717) is 5.02 Å². The third-order valence-electron chi connectivity index (χ3n) is 2.49. The Balaban J connectivity index is 2.21. The number of halogens is 2. The van der Waals surface area contributed by atoms with Crippen molar-refractivity contribution < 1.29 is 0 Å². The van der Waals surface area contributed by atoms with Crippen LogP contribution in [0.2, 0.25) is 10.0 Å². The predicted octanol–water partition coefficient (Wildman–Crippen LogP) is 4.32. The topological polar surface area (TPSA) is 12.0 Å². The molecule has 0 radical (unpaired) electrons. The molecular weight excluding hydrogens is 241 g/mol. The average molecular weight is 260 g/mol. The lowest BCUT2D eigenvalue weighted by molar-refractivity contribution is 0.617. The van der Waals surface area contributed by atoms with Crippen LogP contribution in [0.3, 0.4) is 0 Å². The normalized spacial score (nSPS) is 10.7. The Hall–Kier alpha value is -0.240. The minimum Gasteiger partial charge on any atom is -0.317 e. The Kier molecular flexibility index (Phi) is 6.86. The van der Waals surface area contributed by atoms with E-state index in [0.717, 1.165) is 31.0 Å². The molecule has 0 aliphatic heterocycles. The molecule has 1 N–H and O–H groups in total. The minimum absolute atomic E-state index is 0.707. The summed E-state index contributed by atoms with van der Waals surface area (Å²) in [7, 11) is 0. The second-order valence-electron chi connectivity index (χ2n) is 3.94. The highest BCUT2D eigenvalue weighted by Crippen LogP contribution is 2.22. The fourth-order valence-corrected chi connectivity index (χ4v) is 2.09. The summed E-state index contributed by atoms with van der Waals surface area (Å²) in [6, 6.07) is 5.73. The average Bonchev–Trinajstić information content (AvgIpc) is 2.26. The van der Waals surface area contributed by atoms with Crippen molar-refractivity contribution in [3.05, 3.63) is 33.8 Å². The molecule has 0 saturated heterocycles. The zero-order valence-corrected chi connectivity index (χ0v) is 11.2. The summed E-state index contributed by atoms with van der Waals surface area (Å²) < 4.78 is 0. The van der Waals surface area contributed by atoms with Crippen molar-refractivity contribution in [3.8, 4) is 0 Å². The Morgan fingerprint density at radius 2 is 1.94 bits per heavy atom. The monoisotopic (exact) mass is 259 g/mol. The third-order valence-corrected chi connectivity index (χ3v) is 3.08. The van der Waals surface area contributed by atoms with E-state index in [1.807, 2.05) is 18.2 Å². The molecule has 0 atom stereocenters. The Bertz CT molecular complexity index is 313. The Morgan fingerprint density at radius 1 is 1.12 bits per heavy atom. The molecule has 0 aromatic heterocycles. The highest BCUT2D eigenvalue weighted by Gasteiger charge is 2.00. The van der Waals surface area contributed by atoms with Gasteiger partial charge in [0.1, 0.15) is 0 Å². The van der Waals surface area contributed by atoms with E-state index in [4.69, 9.17) is 23.2 Å². The molecule has 0 bridgehead atoms. The lowest BCUT2D eigenvalue weighted by Crippen LogP contribution is -2.15. The van der Waals surface area contributed by atoms with Crippen molar-refractivity contribution in [2.45, 2.75) is 32.6 Å². The van der Waals surface area contributed by atoms with Crippen molar-refractivity contribution in [1.82, 2.24) is 5.32 Å². The van der Waals surface area contributed by atoms with E-state index < -0.39 is 0 Å². The van der Waals surface area contributed by atoms with Gasteiger partial charge in [0.05, 0.1) is 0 Å². The van der Waals surface area contributed by atoms with Gasteiger partial charge in [0.25, 0.3) is 0 Å². The van der Waals surface area contributed by atoms with E-state index in [1.54, 1.807) is 0 Å². The van der Waals surface area contributed by atoms with Gasteiger partial charge in [-0.2, -0.15) is 0 Å². The fourth-order valence-electron chi connectivity index (χ4n) is 1.59. The quantitative estimate of drug-likeness (QED) is 0.720. The third kappa shape index (κ3) is 5.20. The number of nitrogens with one attached hydrogen (secondary N) is 1. The summed E-state index contributed by atoms with van der Waals surface area (Å²) in [4.78, 5) is 0. The smallest absolute Gasteiger partial charge is 0.0452 e. The second-order valence-corrected chi connectivity index (χ2v) is 4.79. The maximum Gasteiger partial charge on any atom is 0.0452 e. The zero-order chi connectivity index (χ0) is 11.8. The molecule has 0 amide bonds.